The van der Waals surface area contributed by atoms with Gasteiger partial charge in [-0.2, -0.15) is 0 Å². The van der Waals surface area contributed by atoms with E-state index in [1.54, 1.807) is 55.6 Å². The van der Waals surface area contributed by atoms with Crippen molar-refractivity contribution < 1.29 is 18.7 Å². The second-order valence-corrected chi connectivity index (χ2v) is 6.75. The van der Waals surface area contributed by atoms with Crippen LogP contribution in [0.3, 0.4) is 0 Å². The molecule has 0 heterocycles. The highest BCUT2D eigenvalue weighted by Crippen LogP contribution is 2.19. The zero-order chi connectivity index (χ0) is 22.1. The maximum absolute atomic E-state index is 13.9. The van der Waals surface area contributed by atoms with Crippen LogP contribution in [-0.2, 0) is 4.79 Å². The Kier molecular flexibility index (Phi) is 7.54. The van der Waals surface area contributed by atoms with Crippen molar-refractivity contribution in [2.45, 2.75) is 6.04 Å². The van der Waals surface area contributed by atoms with Gasteiger partial charge in [0, 0.05) is 18.7 Å². The van der Waals surface area contributed by atoms with Crippen molar-refractivity contribution >= 4 is 17.9 Å². The van der Waals surface area contributed by atoms with E-state index in [0.717, 1.165) is 11.1 Å². The highest BCUT2D eigenvalue weighted by Gasteiger charge is 2.15. The number of nitrogens with one attached hydrogen (secondary N) is 2. The zero-order valence-electron chi connectivity index (χ0n) is 17.0. The van der Waals surface area contributed by atoms with E-state index < -0.39 is 11.9 Å². The van der Waals surface area contributed by atoms with E-state index in [-0.39, 0.29) is 24.2 Å². The number of hydrogen-bond donors (Lipinski definition) is 2. The number of hydrogen-bond acceptors (Lipinski definition) is 3. The van der Waals surface area contributed by atoms with Crippen LogP contribution in [0.5, 0.6) is 5.75 Å². The van der Waals surface area contributed by atoms with Crippen molar-refractivity contribution in [2.75, 3.05) is 13.7 Å². The molecule has 0 fully saturated rings. The van der Waals surface area contributed by atoms with Crippen LogP contribution >= 0.6 is 0 Å². The van der Waals surface area contributed by atoms with E-state index in [1.165, 1.54) is 12.1 Å². The maximum Gasteiger partial charge on any atom is 0.251 e. The van der Waals surface area contributed by atoms with Crippen LogP contribution in [0.15, 0.2) is 84.9 Å². The molecule has 0 spiro atoms. The molecule has 0 saturated carbocycles. The van der Waals surface area contributed by atoms with Gasteiger partial charge in [-0.15, -0.1) is 0 Å². The lowest BCUT2D eigenvalue weighted by atomic mass is 10.1. The van der Waals surface area contributed by atoms with Crippen LogP contribution in [0.2, 0.25) is 0 Å². The Labute approximate surface area is 180 Å². The summed E-state index contributed by atoms with van der Waals surface area (Å²) in [4.78, 5) is 24.1. The van der Waals surface area contributed by atoms with Gasteiger partial charge in [-0.3, -0.25) is 9.59 Å². The van der Waals surface area contributed by atoms with Gasteiger partial charge in [0.05, 0.1) is 6.04 Å². The number of carbonyl (C=O) groups excluding carboxylic acids is 2. The predicted octanol–water partition coefficient (Wildman–Crippen LogP) is 4.14. The number of halogens is 1. The fourth-order valence-electron chi connectivity index (χ4n) is 2.92. The average Bonchev–Trinajstić information content (AvgIpc) is 2.81. The predicted molar refractivity (Wildman–Crippen MR) is 118 cm³/mol. The van der Waals surface area contributed by atoms with Gasteiger partial charge in [-0.25, -0.2) is 4.39 Å². The summed E-state index contributed by atoms with van der Waals surface area (Å²) in [6, 6.07) is 21.9. The molecule has 0 aliphatic rings. The van der Waals surface area contributed by atoms with E-state index >= 15 is 0 Å². The quantitative estimate of drug-likeness (QED) is 0.541. The molecule has 3 aromatic carbocycles. The molecule has 0 bridgehead atoms. The number of rotatable bonds is 8. The standard InChI is InChI=1S/C25H23FN2O3/c1-27-25(30)20-14-11-18(12-15-20)13-16-24(29)28-22(19-7-3-2-4-8-19)17-31-23-10-6-5-9-21(23)26/h2-16,22H,17H2,1H3,(H,27,30)(H,28,29)/b16-13+. The summed E-state index contributed by atoms with van der Waals surface area (Å²) in [5.74, 6) is -0.819. The molecule has 6 heteroatoms. The molecule has 2 N–H and O–H groups in total. The van der Waals surface area contributed by atoms with Crippen molar-refractivity contribution in [2.24, 2.45) is 0 Å². The minimum atomic E-state index is -0.464. The van der Waals surface area contributed by atoms with Gasteiger partial charge in [0.25, 0.3) is 5.91 Å². The summed E-state index contributed by atoms with van der Waals surface area (Å²) in [6.45, 7) is 0.0748. The highest BCUT2D eigenvalue weighted by atomic mass is 19.1. The van der Waals surface area contributed by atoms with E-state index in [1.807, 2.05) is 30.3 Å². The molecule has 2 amide bonds. The van der Waals surface area contributed by atoms with Gasteiger partial charge in [0.2, 0.25) is 5.91 Å². The van der Waals surface area contributed by atoms with Gasteiger partial charge < -0.3 is 15.4 Å². The summed E-state index contributed by atoms with van der Waals surface area (Å²) < 4.78 is 19.5. The van der Waals surface area contributed by atoms with Crippen molar-refractivity contribution in [1.82, 2.24) is 10.6 Å². The molecule has 0 saturated heterocycles. The van der Waals surface area contributed by atoms with Crippen molar-refractivity contribution in [3.63, 3.8) is 0 Å². The Morgan fingerprint density at radius 2 is 1.65 bits per heavy atom. The minimum absolute atomic E-state index is 0.0748. The highest BCUT2D eigenvalue weighted by molar-refractivity contribution is 5.95. The third-order valence-corrected chi connectivity index (χ3v) is 4.59. The van der Waals surface area contributed by atoms with E-state index in [2.05, 4.69) is 10.6 Å². The Balaban J connectivity index is 1.67. The number of amides is 2. The summed E-state index contributed by atoms with van der Waals surface area (Å²) in [5, 5.41) is 5.45. The Morgan fingerprint density at radius 1 is 0.968 bits per heavy atom. The van der Waals surface area contributed by atoms with Crippen molar-refractivity contribution in [3.05, 3.63) is 107 Å². The Hall–Kier alpha value is -3.93. The first kappa shape index (κ1) is 21.8. The smallest absolute Gasteiger partial charge is 0.251 e. The number of para-hydroxylation sites is 1. The number of ether oxygens (including phenoxy) is 1. The third-order valence-electron chi connectivity index (χ3n) is 4.59. The van der Waals surface area contributed by atoms with Crippen LogP contribution in [0.4, 0.5) is 4.39 Å². The topological polar surface area (TPSA) is 67.4 Å². The molecule has 0 radical (unpaired) electrons. The normalized spacial score (nSPS) is 11.7. The molecule has 0 aliphatic heterocycles. The average molecular weight is 418 g/mol. The number of benzene rings is 3. The molecule has 1 unspecified atom stereocenters. The van der Waals surface area contributed by atoms with Crippen molar-refractivity contribution in [3.8, 4) is 5.75 Å². The molecule has 0 aliphatic carbocycles. The first-order valence-electron chi connectivity index (χ1n) is 9.80. The molecule has 1 atom stereocenters. The second-order valence-electron chi connectivity index (χ2n) is 6.75. The second kappa shape index (κ2) is 10.7. The van der Waals surface area contributed by atoms with Crippen molar-refractivity contribution in [1.29, 1.82) is 0 Å². The first-order chi connectivity index (χ1) is 15.1. The van der Waals surface area contributed by atoms with E-state index in [9.17, 15) is 14.0 Å². The zero-order valence-corrected chi connectivity index (χ0v) is 17.0. The third kappa shape index (κ3) is 6.27. The molecular weight excluding hydrogens is 395 g/mol. The van der Waals surface area contributed by atoms with Gasteiger partial charge in [0.15, 0.2) is 11.6 Å². The summed E-state index contributed by atoms with van der Waals surface area (Å²) in [6.07, 6.45) is 3.07. The van der Waals surface area contributed by atoms with Gasteiger partial charge in [-0.05, 0) is 41.5 Å². The molecule has 31 heavy (non-hydrogen) atoms. The fraction of sp³-hybridized carbons (Fsp3) is 0.120. The minimum Gasteiger partial charge on any atom is -0.488 e. The van der Waals surface area contributed by atoms with Crippen LogP contribution in [-0.4, -0.2) is 25.5 Å². The van der Waals surface area contributed by atoms with E-state index in [4.69, 9.17) is 4.74 Å². The van der Waals surface area contributed by atoms with Gasteiger partial charge in [-0.1, -0.05) is 54.6 Å². The van der Waals surface area contributed by atoms with Crippen LogP contribution in [0, 0.1) is 5.82 Å². The molecule has 158 valence electrons. The SMILES string of the molecule is CNC(=O)c1ccc(/C=C/C(=O)NC(COc2ccccc2F)c2ccccc2)cc1. The lowest BCUT2D eigenvalue weighted by Gasteiger charge is -2.19. The first-order valence-corrected chi connectivity index (χ1v) is 9.80. The largest absolute Gasteiger partial charge is 0.488 e. The van der Waals surface area contributed by atoms with Crippen LogP contribution in [0.25, 0.3) is 6.08 Å². The molecule has 0 aromatic heterocycles. The lowest BCUT2D eigenvalue weighted by Crippen LogP contribution is -2.31. The van der Waals surface area contributed by atoms with E-state index in [0.29, 0.717) is 5.56 Å². The van der Waals surface area contributed by atoms with Crippen LogP contribution < -0.4 is 15.4 Å². The Bertz CT molecular complexity index is 1050. The molecule has 3 aromatic rings. The molecule has 5 nitrogen and oxygen atoms in total. The molecule has 3 rings (SSSR count). The summed E-state index contributed by atoms with van der Waals surface area (Å²) in [7, 11) is 1.57. The number of carbonyl (C=O) groups is 2. The summed E-state index contributed by atoms with van der Waals surface area (Å²) in [5.41, 5.74) is 2.16. The van der Waals surface area contributed by atoms with Crippen LogP contribution in [0.1, 0.15) is 27.5 Å². The molecular formula is C25H23FN2O3. The Morgan fingerprint density at radius 3 is 2.32 bits per heavy atom. The van der Waals surface area contributed by atoms with Gasteiger partial charge >= 0.3 is 0 Å². The summed E-state index contributed by atoms with van der Waals surface area (Å²) >= 11 is 0. The maximum atomic E-state index is 13.9. The monoisotopic (exact) mass is 418 g/mol. The fourth-order valence-corrected chi connectivity index (χ4v) is 2.92. The van der Waals surface area contributed by atoms with Gasteiger partial charge in [0.1, 0.15) is 6.61 Å². The lowest BCUT2D eigenvalue weighted by molar-refractivity contribution is -0.117.